The molecular weight excluding hydrogens is 328 g/mol. The number of nitrogens with zero attached hydrogens (tertiary/aromatic N) is 2. The van der Waals surface area contributed by atoms with Gasteiger partial charge in [-0.3, -0.25) is 0 Å². The van der Waals surface area contributed by atoms with Gasteiger partial charge in [-0.05, 0) is 33.1 Å². The van der Waals surface area contributed by atoms with Gasteiger partial charge in [-0.15, -0.1) is 11.3 Å². The summed E-state index contributed by atoms with van der Waals surface area (Å²) in [5.41, 5.74) is -0.184. The van der Waals surface area contributed by atoms with Gasteiger partial charge in [0.2, 0.25) is 0 Å². The first-order valence-corrected chi connectivity index (χ1v) is 8.91. The Labute approximate surface area is 148 Å². The first kappa shape index (κ1) is 20.4. The Hall–Kier alpha value is -1.63. The fourth-order valence-electron chi connectivity index (χ4n) is 2.34. The van der Waals surface area contributed by atoms with Crippen molar-refractivity contribution in [3.05, 3.63) is 16.1 Å². The topological polar surface area (TPSA) is 68.7 Å². The van der Waals surface area contributed by atoms with Gasteiger partial charge in [-0.2, -0.15) is 0 Å². The maximum atomic E-state index is 12.3. The van der Waals surface area contributed by atoms with Crippen LogP contribution in [-0.2, 0) is 15.9 Å². The number of aromatic nitrogens is 1. The Morgan fingerprint density at radius 2 is 1.96 bits per heavy atom. The van der Waals surface area contributed by atoms with Gasteiger partial charge in [-0.25, -0.2) is 14.6 Å². The SMILES string of the molecule is COC(=O)c1csc(CC[C@H](C(C)C)N(C)C(=O)OC(C)(C)C)n1. The zero-order chi connectivity index (χ0) is 18.5. The molecule has 1 atom stereocenters. The van der Waals surface area contributed by atoms with Crippen molar-refractivity contribution >= 4 is 23.4 Å². The Morgan fingerprint density at radius 3 is 2.46 bits per heavy atom. The van der Waals surface area contributed by atoms with Crippen molar-refractivity contribution in [2.45, 2.75) is 59.1 Å². The van der Waals surface area contributed by atoms with Crippen LogP contribution in [0.15, 0.2) is 5.38 Å². The van der Waals surface area contributed by atoms with Gasteiger partial charge < -0.3 is 14.4 Å². The van der Waals surface area contributed by atoms with Crippen molar-refractivity contribution < 1.29 is 19.1 Å². The first-order valence-electron chi connectivity index (χ1n) is 8.03. The predicted molar refractivity (Wildman–Crippen MR) is 94.4 cm³/mol. The Balaban J connectivity index is 2.71. The van der Waals surface area contributed by atoms with Crippen molar-refractivity contribution in [3.63, 3.8) is 0 Å². The van der Waals surface area contributed by atoms with Crippen LogP contribution in [0.1, 0.15) is 56.5 Å². The highest BCUT2D eigenvalue weighted by Crippen LogP contribution is 2.21. The number of ether oxygens (including phenoxy) is 2. The second-order valence-electron chi connectivity index (χ2n) is 7.06. The Kier molecular flexibility index (Phi) is 7.20. The predicted octanol–water partition coefficient (Wildman–Crippen LogP) is 3.75. The van der Waals surface area contributed by atoms with Crippen LogP contribution in [0, 0.1) is 5.92 Å². The Morgan fingerprint density at radius 1 is 1.33 bits per heavy atom. The van der Waals surface area contributed by atoms with Crippen molar-refractivity contribution in [2.75, 3.05) is 14.2 Å². The van der Waals surface area contributed by atoms with E-state index in [-0.39, 0.29) is 18.1 Å². The smallest absolute Gasteiger partial charge is 0.410 e. The van der Waals surface area contributed by atoms with E-state index in [1.54, 1.807) is 17.3 Å². The molecule has 7 heteroatoms. The molecular formula is C17H28N2O4S. The van der Waals surface area contributed by atoms with Crippen LogP contribution in [0.25, 0.3) is 0 Å². The molecule has 0 aromatic carbocycles. The minimum atomic E-state index is -0.516. The van der Waals surface area contributed by atoms with E-state index in [0.717, 1.165) is 11.4 Å². The highest BCUT2D eigenvalue weighted by atomic mass is 32.1. The number of thiazole rings is 1. The summed E-state index contributed by atoms with van der Waals surface area (Å²) in [5.74, 6) is -0.147. The van der Waals surface area contributed by atoms with Gasteiger partial charge in [0.05, 0.1) is 12.1 Å². The molecule has 0 aliphatic heterocycles. The van der Waals surface area contributed by atoms with Gasteiger partial charge in [0.1, 0.15) is 5.60 Å². The normalized spacial score (nSPS) is 12.8. The molecule has 1 amide bonds. The number of amides is 1. The molecule has 1 aromatic heterocycles. The number of rotatable bonds is 6. The third-order valence-corrected chi connectivity index (χ3v) is 4.46. The molecule has 0 bridgehead atoms. The summed E-state index contributed by atoms with van der Waals surface area (Å²) >= 11 is 1.43. The minimum Gasteiger partial charge on any atom is -0.464 e. The zero-order valence-corrected chi connectivity index (χ0v) is 16.4. The summed E-state index contributed by atoms with van der Waals surface area (Å²) in [6, 6.07) is 0.0327. The fourth-order valence-corrected chi connectivity index (χ4v) is 3.12. The molecule has 0 aliphatic carbocycles. The number of methoxy groups -OCH3 is 1. The average Bonchev–Trinajstić information content (AvgIpc) is 2.93. The lowest BCUT2D eigenvalue weighted by molar-refractivity contribution is 0.0170. The van der Waals surface area contributed by atoms with Crippen molar-refractivity contribution in [2.24, 2.45) is 5.92 Å². The molecule has 0 spiro atoms. The summed E-state index contributed by atoms with van der Waals surface area (Å²) in [7, 11) is 3.10. The van der Waals surface area contributed by atoms with Gasteiger partial charge in [0.25, 0.3) is 0 Å². The third-order valence-electron chi connectivity index (χ3n) is 3.55. The molecule has 1 rings (SSSR count). The van der Waals surface area contributed by atoms with Gasteiger partial charge in [0.15, 0.2) is 5.69 Å². The van der Waals surface area contributed by atoms with Crippen LogP contribution in [0.3, 0.4) is 0 Å². The fraction of sp³-hybridized carbons (Fsp3) is 0.706. The number of carbonyl (C=O) groups excluding carboxylic acids is 2. The highest BCUT2D eigenvalue weighted by molar-refractivity contribution is 7.09. The summed E-state index contributed by atoms with van der Waals surface area (Å²) in [6.07, 6.45) is 1.12. The van der Waals surface area contributed by atoms with E-state index in [2.05, 4.69) is 23.6 Å². The molecule has 0 radical (unpaired) electrons. The second kappa shape index (κ2) is 8.46. The quantitative estimate of drug-likeness (QED) is 0.726. The maximum Gasteiger partial charge on any atom is 0.410 e. The average molecular weight is 356 g/mol. The second-order valence-corrected chi connectivity index (χ2v) is 8.00. The molecule has 0 saturated heterocycles. The van der Waals surface area contributed by atoms with E-state index in [1.807, 2.05) is 20.8 Å². The summed E-state index contributed by atoms with van der Waals surface area (Å²) < 4.78 is 10.1. The van der Waals surface area contributed by atoms with Crippen LogP contribution in [0.2, 0.25) is 0 Å². The molecule has 0 fully saturated rings. The monoisotopic (exact) mass is 356 g/mol. The minimum absolute atomic E-state index is 0.0327. The molecule has 136 valence electrons. The highest BCUT2D eigenvalue weighted by Gasteiger charge is 2.27. The third kappa shape index (κ3) is 6.11. The number of aryl methyl sites for hydroxylation is 1. The van der Waals surface area contributed by atoms with Crippen LogP contribution in [0.4, 0.5) is 4.79 Å². The molecule has 6 nitrogen and oxygen atoms in total. The van der Waals surface area contributed by atoms with E-state index < -0.39 is 11.6 Å². The Bertz CT molecular complexity index is 563. The van der Waals surface area contributed by atoms with Gasteiger partial charge in [-0.1, -0.05) is 13.8 Å². The molecule has 0 N–H and O–H groups in total. The van der Waals surface area contributed by atoms with Crippen LogP contribution >= 0.6 is 11.3 Å². The van der Waals surface area contributed by atoms with E-state index in [0.29, 0.717) is 12.1 Å². The summed E-state index contributed by atoms with van der Waals surface area (Å²) in [4.78, 5) is 29.7. The summed E-state index contributed by atoms with van der Waals surface area (Å²) in [5, 5.41) is 2.56. The molecule has 1 heterocycles. The van der Waals surface area contributed by atoms with Crippen molar-refractivity contribution in [1.82, 2.24) is 9.88 Å². The van der Waals surface area contributed by atoms with Crippen molar-refractivity contribution in [3.8, 4) is 0 Å². The molecule has 0 saturated carbocycles. The number of esters is 1. The molecule has 24 heavy (non-hydrogen) atoms. The van der Waals surface area contributed by atoms with E-state index >= 15 is 0 Å². The van der Waals surface area contributed by atoms with Gasteiger partial charge in [0, 0.05) is 24.9 Å². The number of carbonyl (C=O) groups is 2. The van der Waals surface area contributed by atoms with Gasteiger partial charge >= 0.3 is 12.1 Å². The standard InChI is InChI=1S/C17H28N2O4S/c1-11(2)13(19(6)16(21)23-17(3,4)5)8-9-14-18-12(10-24-14)15(20)22-7/h10-11,13H,8-9H2,1-7H3/t13-/m1/s1. The van der Waals surface area contributed by atoms with Crippen LogP contribution < -0.4 is 0 Å². The van der Waals surface area contributed by atoms with Crippen molar-refractivity contribution in [1.29, 1.82) is 0 Å². The zero-order valence-electron chi connectivity index (χ0n) is 15.6. The summed E-state index contributed by atoms with van der Waals surface area (Å²) in [6.45, 7) is 9.72. The van der Waals surface area contributed by atoms with E-state index in [1.165, 1.54) is 18.4 Å². The lowest BCUT2D eigenvalue weighted by Crippen LogP contribution is -2.43. The van der Waals surface area contributed by atoms with E-state index in [4.69, 9.17) is 4.74 Å². The molecule has 0 aliphatic rings. The van der Waals surface area contributed by atoms with Crippen LogP contribution in [-0.4, -0.2) is 47.7 Å². The number of hydrogen-bond donors (Lipinski definition) is 0. The lowest BCUT2D eigenvalue weighted by atomic mass is 9.98. The van der Waals surface area contributed by atoms with E-state index in [9.17, 15) is 9.59 Å². The van der Waals surface area contributed by atoms with Crippen LogP contribution in [0.5, 0.6) is 0 Å². The molecule has 1 aromatic rings. The largest absolute Gasteiger partial charge is 0.464 e. The lowest BCUT2D eigenvalue weighted by Gasteiger charge is -2.33. The molecule has 0 unspecified atom stereocenters. The maximum absolute atomic E-state index is 12.3. The number of hydrogen-bond acceptors (Lipinski definition) is 6. The first-order chi connectivity index (χ1) is 11.0.